The zero-order valence-corrected chi connectivity index (χ0v) is 12.8. The summed E-state index contributed by atoms with van der Waals surface area (Å²) >= 11 is 0. The first kappa shape index (κ1) is 15.7. The van der Waals surface area contributed by atoms with Crippen molar-refractivity contribution in [2.45, 2.75) is 50.6 Å². The molecular weight excluding hydrogens is 256 g/mol. The fourth-order valence-electron chi connectivity index (χ4n) is 3.48. The minimum Gasteiger partial charge on any atom is -0.382 e. The van der Waals surface area contributed by atoms with E-state index in [-0.39, 0.29) is 18.1 Å². The number of nitrogens with zero attached hydrogens (tertiary/aromatic N) is 1. The fourth-order valence-corrected chi connectivity index (χ4v) is 3.48. The smallest absolute Gasteiger partial charge is 0.248 e. The van der Waals surface area contributed by atoms with Crippen molar-refractivity contribution in [3.05, 3.63) is 0 Å². The molecule has 0 unspecified atom stereocenters. The molecule has 2 rings (SSSR count). The van der Waals surface area contributed by atoms with E-state index < -0.39 is 0 Å². The van der Waals surface area contributed by atoms with Crippen molar-refractivity contribution in [3.8, 4) is 0 Å². The van der Waals surface area contributed by atoms with Gasteiger partial charge in [-0.15, -0.1) is 0 Å². The van der Waals surface area contributed by atoms with Gasteiger partial charge in [0, 0.05) is 25.2 Å². The normalized spacial score (nSPS) is 30.7. The molecule has 0 bridgehead atoms. The molecule has 0 aromatic rings. The maximum atomic E-state index is 12.4. The number of nitrogens with one attached hydrogen (secondary N) is 1. The number of carbonyl (C=O) groups is 1. The van der Waals surface area contributed by atoms with Crippen LogP contribution < -0.4 is 5.32 Å². The molecule has 0 radical (unpaired) electrons. The number of piperidine rings is 1. The first-order valence-corrected chi connectivity index (χ1v) is 7.78. The highest BCUT2D eigenvalue weighted by molar-refractivity contribution is 5.78. The van der Waals surface area contributed by atoms with E-state index in [1.165, 1.54) is 12.8 Å². The van der Waals surface area contributed by atoms with Crippen LogP contribution in [-0.4, -0.2) is 62.4 Å². The summed E-state index contributed by atoms with van der Waals surface area (Å²) in [6, 6.07) is 0.317. The van der Waals surface area contributed by atoms with Crippen molar-refractivity contribution < 1.29 is 14.3 Å². The van der Waals surface area contributed by atoms with Crippen molar-refractivity contribution in [1.29, 1.82) is 0 Å². The van der Waals surface area contributed by atoms with Crippen LogP contribution in [0.3, 0.4) is 0 Å². The Labute approximate surface area is 122 Å². The van der Waals surface area contributed by atoms with Crippen LogP contribution in [0.15, 0.2) is 0 Å². The summed E-state index contributed by atoms with van der Waals surface area (Å²) in [6.45, 7) is 5.41. The maximum absolute atomic E-state index is 12.4. The molecule has 116 valence electrons. The Balaban J connectivity index is 1.93. The summed E-state index contributed by atoms with van der Waals surface area (Å²) in [5, 5.41) is 3.67. The molecule has 1 N–H and O–H groups in total. The van der Waals surface area contributed by atoms with Gasteiger partial charge in [0.05, 0.1) is 13.2 Å². The van der Waals surface area contributed by atoms with Crippen molar-refractivity contribution >= 4 is 5.91 Å². The molecule has 5 nitrogen and oxygen atoms in total. The monoisotopic (exact) mass is 284 g/mol. The van der Waals surface area contributed by atoms with Gasteiger partial charge in [-0.2, -0.15) is 0 Å². The number of fused-ring (bicyclic) bond motifs is 1. The van der Waals surface area contributed by atoms with Gasteiger partial charge in [-0.25, -0.2) is 0 Å². The summed E-state index contributed by atoms with van der Waals surface area (Å²) in [5.74, 6) is 0.126. The van der Waals surface area contributed by atoms with E-state index in [0.29, 0.717) is 19.3 Å². The van der Waals surface area contributed by atoms with Gasteiger partial charge in [-0.1, -0.05) is 6.42 Å². The van der Waals surface area contributed by atoms with Crippen LogP contribution >= 0.6 is 0 Å². The highest BCUT2D eigenvalue weighted by Crippen LogP contribution is 2.32. The summed E-state index contributed by atoms with van der Waals surface area (Å²) < 4.78 is 10.3. The Hall–Kier alpha value is -0.650. The van der Waals surface area contributed by atoms with Gasteiger partial charge >= 0.3 is 0 Å². The predicted molar refractivity (Wildman–Crippen MR) is 77.7 cm³/mol. The van der Waals surface area contributed by atoms with Crippen molar-refractivity contribution in [1.82, 2.24) is 10.2 Å². The van der Waals surface area contributed by atoms with E-state index in [1.807, 2.05) is 0 Å². The van der Waals surface area contributed by atoms with Crippen molar-refractivity contribution in [2.75, 3.05) is 40.0 Å². The summed E-state index contributed by atoms with van der Waals surface area (Å²) in [7, 11) is 1.64. The van der Waals surface area contributed by atoms with Crippen LogP contribution in [0.5, 0.6) is 0 Å². The lowest BCUT2D eigenvalue weighted by Gasteiger charge is -2.48. The zero-order chi connectivity index (χ0) is 14.4. The summed E-state index contributed by atoms with van der Waals surface area (Å²) in [4.78, 5) is 14.5. The van der Waals surface area contributed by atoms with Crippen molar-refractivity contribution in [3.63, 3.8) is 0 Å². The Bertz CT molecular complexity index is 324. The lowest BCUT2D eigenvalue weighted by Crippen LogP contribution is -2.63. The second kappa shape index (κ2) is 7.38. The van der Waals surface area contributed by atoms with Crippen LogP contribution in [-0.2, 0) is 14.3 Å². The topological polar surface area (TPSA) is 50.8 Å². The standard InChI is InChI=1S/C15H28N2O3/c1-15-7-5-9-17(13(15)6-3-4-8-16-15)14(18)12-20-11-10-19-2/h13,16H,3-12H2,1-2H3/t13-,15-/m0/s1. The first-order valence-electron chi connectivity index (χ1n) is 7.78. The predicted octanol–water partition coefficient (Wildman–Crippen LogP) is 1.17. The number of hydrogen-bond acceptors (Lipinski definition) is 4. The molecule has 2 fully saturated rings. The van der Waals surface area contributed by atoms with Crippen molar-refractivity contribution in [2.24, 2.45) is 0 Å². The molecule has 20 heavy (non-hydrogen) atoms. The van der Waals surface area contributed by atoms with E-state index in [9.17, 15) is 4.79 Å². The Morgan fingerprint density at radius 1 is 1.35 bits per heavy atom. The Kier molecular flexibility index (Phi) is 5.81. The number of likely N-dealkylation sites (tertiary alicyclic amines) is 1. The third kappa shape index (κ3) is 3.71. The molecule has 2 aliphatic heterocycles. The fraction of sp³-hybridized carbons (Fsp3) is 0.933. The second-order valence-electron chi connectivity index (χ2n) is 6.09. The molecule has 2 heterocycles. The lowest BCUT2D eigenvalue weighted by atomic mass is 9.81. The molecule has 1 amide bonds. The van der Waals surface area contributed by atoms with E-state index in [2.05, 4.69) is 17.1 Å². The number of hydrogen-bond donors (Lipinski definition) is 1. The van der Waals surface area contributed by atoms with E-state index in [0.717, 1.165) is 32.4 Å². The van der Waals surface area contributed by atoms with E-state index in [4.69, 9.17) is 9.47 Å². The van der Waals surface area contributed by atoms with Gasteiger partial charge < -0.3 is 19.7 Å². The molecule has 2 atom stereocenters. The SMILES string of the molecule is COCCOCC(=O)N1CCC[C@]2(C)NCCCC[C@H]12. The molecule has 0 saturated carbocycles. The van der Waals surface area contributed by atoms with Crippen LogP contribution in [0.25, 0.3) is 0 Å². The van der Waals surface area contributed by atoms with Gasteiger partial charge in [-0.05, 0) is 39.2 Å². The molecular formula is C15H28N2O3. The number of amides is 1. The maximum Gasteiger partial charge on any atom is 0.248 e. The van der Waals surface area contributed by atoms with Gasteiger partial charge in [0.1, 0.15) is 6.61 Å². The number of carbonyl (C=O) groups excluding carboxylic acids is 1. The second-order valence-corrected chi connectivity index (χ2v) is 6.09. The largest absolute Gasteiger partial charge is 0.382 e. The minimum absolute atomic E-state index is 0.0803. The molecule has 0 aromatic heterocycles. The summed E-state index contributed by atoms with van der Waals surface area (Å²) in [5.41, 5.74) is 0.0803. The average Bonchev–Trinajstić information content (AvgIpc) is 2.64. The molecule has 5 heteroatoms. The minimum atomic E-state index is 0.0803. The molecule has 0 aromatic carbocycles. The van der Waals surface area contributed by atoms with Crippen LogP contribution in [0.1, 0.15) is 39.0 Å². The number of methoxy groups -OCH3 is 1. The Morgan fingerprint density at radius 2 is 2.20 bits per heavy atom. The van der Waals surface area contributed by atoms with Gasteiger partial charge in [0.2, 0.25) is 5.91 Å². The van der Waals surface area contributed by atoms with Crippen LogP contribution in [0, 0.1) is 0 Å². The zero-order valence-electron chi connectivity index (χ0n) is 12.8. The summed E-state index contributed by atoms with van der Waals surface area (Å²) in [6.07, 6.45) is 5.74. The molecule has 0 aliphatic carbocycles. The van der Waals surface area contributed by atoms with E-state index >= 15 is 0 Å². The highest BCUT2D eigenvalue weighted by atomic mass is 16.5. The van der Waals surface area contributed by atoms with Crippen LogP contribution in [0.2, 0.25) is 0 Å². The quantitative estimate of drug-likeness (QED) is 0.770. The van der Waals surface area contributed by atoms with Crippen LogP contribution in [0.4, 0.5) is 0 Å². The van der Waals surface area contributed by atoms with Gasteiger partial charge in [0.15, 0.2) is 0 Å². The molecule has 2 saturated heterocycles. The number of rotatable bonds is 5. The lowest BCUT2D eigenvalue weighted by molar-refractivity contribution is -0.143. The first-order chi connectivity index (χ1) is 9.67. The highest BCUT2D eigenvalue weighted by Gasteiger charge is 2.42. The average molecular weight is 284 g/mol. The molecule has 2 aliphatic rings. The van der Waals surface area contributed by atoms with Gasteiger partial charge in [0.25, 0.3) is 0 Å². The third-order valence-corrected chi connectivity index (χ3v) is 4.62. The Morgan fingerprint density at radius 3 is 3.00 bits per heavy atom. The van der Waals surface area contributed by atoms with E-state index in [1.54, 1.807) is 7.11 Å². The molecule has 0 spiro atoms. The number of ether oxygens (including phenoxy) is 2. The third-order valence-electron chi connectivity index (χ3n) is 4.62. The van der Waals surface area contributed by atoms with Gasteiger partial charge in [-0.3, -0.25) is 4.79 Å².